The van der Waals surface area contributed by atoms with Crippen LogP contribution in [0.15, 0.2) is 164 Å². The molecule has 2 aliphatic carbocycles. The molecule has 1 spiro atoms. The SMILES string of the molecule is c1ccc(-c2cc(-c3cccc4c3sc3ccccc34)nc(-c3cccc(-n4c5ccccc5c5cc6c(cc54)C4(CCCC4)c4ccccc4-6)c3)n2)cc1. The fourth-order valence-electron chi connectivity index (χ4n) is 9.91. The zero-order chi connectivity index (χ0) is 36.1. The maximum Gasteiger partial charge on any atom is 0.160 e. The van der Waals surface area contributed by atoms with Gasteiger partial charge in [0.15, 0.2) is 5.82 Å². The van der Waals surface area contributed by atoms with Crippen molar-refractivity contribution in [3.05, 3.63) is 175 Å². The number of rotatable bonds is 4. The molecule has 0 radical (unpaired) electrons. The molecule has 0 saturated heterocycles. The lowest BCUT2D eigenvalue weighted by Crippen LogP contribution is -2.20. The molecule has 0 unspecified atom stereocenters. The second-order valence-corrected chi connectivity index (χ2v) is 16.3. The predicted molar refractivity (Wildman–Crippen MR) is 230 cm³/mol. The van der Waals surface area contributed by atoms with Gasteiger partial charge in [-0.15, -0.1) is 11.3 Å². The van der Waals surface area contributed by atoms with Gasteiger partial charge in [0.25, 0.3) is 0 Å². The molecule has 3 nitrogen and oxygen atoms in total. The molecule has 3 aromatic heterocycles. The molecule has 260 valence electrons. The summed E-state index contributed by atoms with van der Waals surface area (Å²) in [6, 6.07) is 59.9. The lowest BCUT2D eigenvalue weighted by atomic mass is 9.76. The molecule has 0 aliphatic heterocycles. The number of hydrogen-bond donors (Lipinski definition) is 0. The van der Waals surface area contributed by atoms with Crippen LogP contribution in [-0.4, -0.2) is 14.5 Å². The first-order valence-electron chi connectivity index (χ1n) is 19.4. The van der Waals surface area contributed by atoms with E-state index in [0.717, 1.165) is 39.6 Å². The fourth-order valence-corrected chi connectivity index (χ4v) is 11.1. The van der Waals surface area contributed by atoms with E-state index in [1.165, 1.54) is 89.9 Å². The predicted octanol–water partition coefficient (Wildman–Crippen LogP) is 13.8. The number of hydrogen-bond acceptors (Lipinski definition) is 3. The average Bonchev–Trinajstić information content (AvgIpc) is 4.03. The summed E-state index contributed by atoms with van der Waals surface area (Å²) in [5, 5.41) is 5.12. The van der Waals surface area contributed by atoms with Gasteiger partial charge >= 0.3 is 0 Å². The minimum absolute atomic E-state index is 0.0998. The van der Waals surface area contributed by atoms with Crippen LogP contribution < -0.4 is 0 Å². The molecule has 2 aliphatic rings. The number of benzene rings is 7. The van der Waals surface area contributed by atoms with Gasteiger partial charge in [0.1, 0.15) is 0 Å². The summed E-state index contributed by atoms with van der Waals surface area (Å²) < 4.78 is 5.01. The lowest BCUT2D eigenvalue weighted by molar-refractivity contribution is 0.550. The maximum atomic E-state index is 5.37. The van der Waals surface area contributed by atoms with Crippen molar-refractivity contribution in [3.63, 3.8) is 0 Å². The molecule has 3 heterocycles. The van der Waals surface area contributed by atoms with E-state index in [0.29, 0.717) is 0 Å². The van der Waals surface area contributed by atoms with Crippen molar-refractivity contribution in [1.82, 2.24) is 14.5 Å². The minimum Gasteiger partial charge on any atom is -0.309 e. The Labute approximate surface area is 323 Å². The smallest absolute Gasteiger partial charge is 0.160 e. The van der Waals surface area contributed by atoms with Crippen molar-refractivity contribution >= 4 is 53.3 Å². The molecule has 0 atom stereocenters. The number of fused-ring (bicyclic) bond motifs is 11. The third-order valence-electron chi connectivity index (χ3n) is 12.4. The summed E-state index contributed by atoms with van der Waals surface area (Å²) in [6.45, 7) is 0. The van der Waals surface area contributed by atoms with Crippen molar-refractivity contribution in [2.45, 2.75) is 31.1 Å². The molecule has 0 N–H and O–H groups in total. The highest BCUT2D eigenvalue weighted by molar-refractivity contribution is 7.26. The van der Waals surface area contributed by atoms with E-state index in [9.17, 15) is 0 Å². The first kappa shape index (κ1) is 31.0. The summed E-state index contributed by atoms with van der Waals surface area (Å²) in [7, 11) is 0. The molecule has 1 saturated carbocycles. The number of thiophene rings is 1. The van der Waals surface area contributed by atoms with Gasteiger partial charge in [-0.05, 0) is 77.6 Å². The van der Waals surface area contributed by atoms with E-state index in [2.05, 4.69) is 168 Å². The normalized spacial score (nSPS) is 14.4. The van der Waals surface area contributed by atoms with Crippen molar-refractivity contribution in [2.24, 2.45) is 0 Å². The molecular weight excluding hydrogens is 687 g/mol. The summed E-state index contributed by atoms with van der Waals surface area (Å²) in [5.41, 5.74) is 14.6. The van der Waals surface area contributed by atoms with E-state index in [1.54, 1.807) is 0 Å². The van der Waals surface area contributed by atoms with Gasteiger partial charge in [-0.1, -0.05) is 134 Å². The van der Waals surface area contributed by atoms with Gasteiger partial charge in [0.2, 0.25) is 0 Å². The van der Waals surface area contributed by atoms with Gasteiger partial charge in [0.05, 0.1) is 22.4 Å². The Balaban J connectivity index is 1.07. The Bertz CT molecular complexity index is 3160. The van der Waals surface area contributed by atoms with Crippen LogP contribution in [0, 0.1) is 0 Å². The second-order valence-electron chi connectivity index (χ2n) is 15.3. The molecule has 10 aromatic rings. The Hall–Kier alpha value is -6.36. The molecule has 7 aromatic carbocycles. The standard InChI is InChI=1S/C51H35N3S/c1-2-14-32(15-3-1)44-31-45(39-22-13-21-38-37-20-6-9-25-48(37)55-49(38)39)53-50(52-44)33-16-12-17-34(28-33)54-46-24-8-5-19-36(46)41-29-40-35-18-4-7-23-42(35)51(26-10-11-27-51)43(40)30-47(41)54/h1-9,12-25,28-31H,10-11,26-27H2. The Kier molecular flexibility index (Phi) is 6.67. The topological polar surface area (TPSA) is 30.7 Å². The van der Waals surface area contributed by atoms with Gasteiger partial charge in [-0.3, -0.25) is 0 Å². The Morgan fingerprint density at radius 3 is 2.09 bits per heavy atom. The van der Waals surface area contributed by atoms with Crippen molar-refractivity contribution in [1.29, 1.82) is 0 Å². The van der Waals surface area contributed by atoms with E-state index in [4.69, 9.17) is 9.97 Å². The molecule has 1 fully saturated rings. The first-order valence-corrected chi connectivity index (χ1v) is 20.2. The van der Waals surface area contributed by atoms with Crippen molar-refractivity contribution < 1.29 is 0 Å². The van der Waals surface area contributed by atoms with E-state index in [-0.39, 0.29) is 5.41 Å². The van der Waals surface area contributed by atoms with Gasteiger partial charge < -0.3 is 4.57 Å². The van der Waals surface area contributed by atoms with Gasteiger partial charge in [-0.2, -0.15) is 0 Å². The van der Waals surface area contributed by atoms with E-state index in [1.807, 2.05) is 11.3 Å². The number of nitrogens with zero attached hydrogens (tertiary/aromatic N) is 3. The van der Waals surface area contributed by atoms with E-state index < -0.39 is 0 Å². The van der Waals surface area contributed by atoms with Crippen LogP contribution in [0.1, 0.15) is 36.8 Å². The Morgan fingerprint density at radius 2 is 1.18 bits per heavy atom. The van der Waals surface area contributed by atoms with Gasteiger partial charge in [-0.25, -0.2) is 9.97 Å². The van der Waals surface area contributed by atoms with Crippen molar-refractivity contribution in [2.75, 3.05) is 0 Å². The summed E-state index contributed by atoms with van der Waals surface area (Å²) >= 11 is 1.84. The second kappa shape index (κ2) is 11.8. The maximum absolute atomic E-state index is 5.37. The summed E-state index contributed by atoms with van der Waals surface area (Å²) in [5.74, 6) is 0.721. The molecule has 0 bridgehead atoms. The van der Waals surface area contributed by atoms with Crippen LogP contribution in [0.25, 0.3) is 92.7 Å². The zero-order valence-electron chi connectivity index (χ0n) is 30.2. The van der Waals surface area contributed by atoms with E-state index >= 15 is 0 Å². The summed E-state index contributed by atoms with van der Waals surface area (Å²) in [6.07, 6.45) is 4.98. The highest BCUT2D eigenvalue weighted by Crippen LogP contribution is 2.58. The third kappa shape index (κ3) is 4.55. The number of para-hydroxylation sites is 1. The minimum atomic E-state index is 0.0998. The molecule has 4 heteroatoms. The highest BCUT2D eigenvalue weighted by atomic mass is 32.1. The third-order valence-corrected chi connectivity index (χ3v) is 13.6. The van der Waals surface area contributed by atoms with Crippen LogP contribution in [0.3, 0.4) is 0 Å². The van der Waals surface area contributed by atoms with Gasteiger partial charge in [0, 0.05) is 58.7 Å². The van der Waals surface area contributed by atoms with Crippen LogP contribution in [-0.2, 0) is 5.41 Å². The fraction of sp³-hybridized carbons (Fsp3) is 0.0980. The number of aromatic nitrogens is 3. The lowest BCUT2D eigenvalue weighted by Gasteiger charge is -2.26. The summed E-state index contributed by atoms with van der Waals surface area (Å²) in [4.78, 5) is 10.6. The zero-order valence-corrected chi connectivity index (χ0v) is 31.0. The van der Waals surface area contributed by atoms with Crippen LogP contribution >= 0.6 is 11.3 Å². The van der Waals surface area contributed by atoms with Crippen LogP contribution in [0.2, 0.25) is 0 Å². The Morgan fingerprint density at radius 1 is 0.473 bits per heavy atom. The van der Waals surface area contributed by atoms with Crippen LogP contribution in [0.4, 0.5) is 0 Å². The molecule has 0 amide bonds. The monoisotopic (exact) mass is 721 g/mol. The molecular formula is C51H35N3S. The van der Waals surface area contributed by atoms with Crippen LogP contribution in [0.5, 0.6) is 0 Å². The average molecular weight is 722 g/mol. The van der Waals surface area contributed by atoms with Crippen molar-refractivity contribution in [3.8, 4) is 50.7 Å². The molecule has 55 heavy (non-hydrogen) atoms. The first-order chi connectivity index (χ1) is 27.2. The quantitative estimate of drug-likeness (QED) is 0.181. The molecule has 12 rings (SSSR count). The highest BCUT2D eigenvalue weighted by Gasteiger charge is 2.45. The largest absolute Gasteiger partial charge is 0.309 e.